The first kappa shape index (κ1) is 19.2. The van der Waals surface area contributed by atoms with E-state index in [1.54, 1.807) is 29.6 Å². The fraction of sp³-hybridized carbons (Fsp3) is 0.286. The number of thioether (sulfide) groups is 1. The molecule has 0 aliphatic heterocycles. The number of benzene rings is 2. The summed E-state index contributed by atoms with van der Waals surface area (Å²) >= 11 is 1.30. The van der Waals surface area contributed by atoms with Gasteiger partial charge in [0.05, 0.1) is 21.8 Å². The number of nitrogens with zero attached hydrogens (tertiary/aromatic N) is 3. The third-order valence-electron chi connectivity index (χ3n) is 4.41. The Kier molecular flexibility index (Phi) is 5.37. The summed E-state index contributed by atoms with van der Waals surface area (Å²) in [6.45, 7) is 5.83. The Morgan fingerprint density at radius 1 is 1.15 bits per heavy atom. The molecule has 1 aromatic heterocycles. The SMILES string of the molecule is Cc1ccc(-n2c(S[C@@H](C)C(=O)N(C)C)nc3ccccc3c2=O)c(C)c1. The van der Waals surface area contributed by atoms with Crippen LogP contribution in [0, 0.1) is 13.8 Å². The average molecular weight is 382 g/mol. The highest BCUT2D eigenvalue weighted by Gasteiger charge is 2.21. The van der Waals surface area contributed by atoms with Gasteiger partial charge in [0.15, 0.2) is 5.16 Å². The first-order valence-corrected chi connectivity index (χ1v) is 9.65. The summed E-state index contributed by atoms with van der Waals surface area (Å²) in [5, 5.41) is 0.729. The molecule has 0 aliphatic rings. The van der Waals surface area contributed by atoms with E-state index in [-0.39, 0.29) is 16.7 Å². The van der Waals surface area contributed by atoms with Gasteiger partial charge in [-0.2, -0.15) is 0 Å². The van der Waals surface area contributed by atoms with Gasteiger partial charge in [0.2, 0.25) is 5.91 Å². The molecule has 0 saturated heterocycles. The van der Waals surface area contributed by atoms with Crippen LogP contribution in [0.25, 0.3) is 16.6 Å². The van der Waals surface area contributed by atoms with Crippen molar-refractivity contribution in [1.29, 1.82) is 0 Å². The van der Waals surface area contributed by atoms with Gasteiger partial charge in [0.25, 0.3) is 5.56 Å². The minimum atomic E-state index is -0.356. The molecule has 2 aromatic carbocycles. The number of para-hydroxylation sites is 1. The van der Waals surface area contributed by atoms with Crippen molar-refractivity contribution in [2.24, 2.45) is 0 Å². The predicted molar refractivity (Wildman–Crippen MR) is 111 cm³/mol. The third-order valence-corrected chi connectivity index (χ3v) is 5.45. The fourth-order valence-corrected chi connectivity index (χ4v) is 4.10. The van der Waals surface area contributed by atoms with Crippen LogP contribution in [0.2, 0.25) is 0 Å². The van der Waals surface area contributed by atoms with Gasteiger partial charge in [-0.1, -0.05) is 41.6 Å². The predicted octanol–water partition coefficient (Wildman–Crippen LogP) is 3.57. The molecule has 0 N–H and O–H groups in total. The summed E-state index contributed by atoms with van der Waals surface area (Å²) in [6, 6.07) is 13.3. The molecule has 0 fully saturated rings. The molecule has 140 valence electrons. The van der Waals surface area contributed by atoms with E-state index in [1.165, 1.54) is 11.8 Å². The maximum absolute atomic E-state index is 13.3. The molecule has 27 heavy (non-hydrogen) atoms. The van der Waals surface area contributed by atoms with Crippen LogP contribution in [0.5, 0.6) is 0 Å². The van der Waals surface area contributed by atoms with E-state index >= 15 is 0 Å². The highest BCUT2D eigenvalue weighted by atomic mass is 32.2. The van der Waals surface area contributed by atoms with Gasteiger partial charge in [-0.3, -0.25) is 14.2 Å². The lowest BCUT2D eigenvalue weighted by atomic mass is 10.1. The number of aryl methyl sites for hydroxylation is 2. The van der Waals surface area contributed by atoms with Crippen molar-refractivity contribution >= 4 is 28.6 Å². The zero-order valence-electron chi connectivity index (χ0n) is 16.2. The number of rotatable bonds is 4. The number of carbonyl (C=O) groups excluding carboxylic acids is 1. The zero-order chi connectivity index (χ0) is 19.7. The van der Waals surface area contributed by atoms with Crippen molar-refractivity contribution in [2.45, 2.75) is 31.2 Å². The molecule has 0 radical (unpaired) electrons. The zero-order valence-corrected chi connectivity index (χ0v) is 17.0. The smallest absolute Gasteiger partial charge is 0.266 e. The number of hydrogen-bond donors (Lipinski definition) is 0. The molecule has 1 amide bonds. The summed E-state index contributed by atoms with van der Waals surface area (Å²) in [6.07, 6.45) is 0. The number of aromatic nitrogens is 2. The Balaban J connectivity index is 2.24. The molecule has 3 aromatic rings. The van der Waals surface area contributed by atoms with Gasteiger partial charge in [0.1, 0.15) is 0 Å². The first-order valence-electron chi connectivity index (χ1n) is 8.77. The van der Waals surface area contributed by atoms with E-state index in [1.807, 2.05) is 57.2 Å². The molecule has 3 rings (SSSR count). The lowest BCUT2D eigenvalue weighted by molar-refractivity contribution is -0.127. The molecule has 0 bridgehead atoms. The van der Waals surface area contributed by atoms with Crippen molar-refractivity contribution in [3.05, 3.63) is 63.9 Å². The van der Waals surface area contributed by atoms with Crippen LogP contribution in [0.3, 0.4) is 0 Å². The highest BCUT2D eigenvalue weighted by molar-refractivity contribution is 8.00. The normalized spacial score (nSPS) is 12.2. The van der Waals surface area contributed by atoms with Gasteiger partial charge in [-0.25, -0.2) is 4.98 Å². The van der Waals surface area contributed by atoms with Crippen molar-refractivity contribution in [1.82, 2.24) is 14.5 Å². The van der Waals surface area contributed by atoms with Crippen LogP contribution in [0.4, 0.5) is 0 Å². The monoisotopic (exact) mass is 381 g/mol. The van der Waals surface area contributed by atoms with Crippen LogP contribution in [0.15, 0.2) is 52.4 Å². The lowest BCUT2D eigenvalue weighted by Gasteiger charge is -2.19. The number of carbonyl (C=O) groups is 1. The summed E-state index contributed by atoms with van der Waals surface area (Å²) < 4.78 is 1.63. The van der Waals surface area contributed by atoms with Gasteiger partial charge in [0, 0.05) is 14.1 Å². The third kappa shape index (κ3) is 3.76. The Bertz CT molecular complexity index is 1070. The molecular formula is C21H23N3O2S. The van der Waals surface area contributed by atoms with Crippen molar-refractivity contribution in [2.75, 3.05) is 14.1 Å². The number of hydrogen-bond acceptors (Lipinski definition) is 4. The van der Waals surface area contributed by atoms with E-state index in [2.05, 4.69) is 0 Å². The maximum Gasteiger partial charge on any atom is 0.266 e. The molecule has 0 unspecified atom stereocenters. The van der Waals surface area contributed by atoms with Gasteiger partial charge in [-0.05, 0) is 44.5 Å². The quantitative estimate of drug-likeness (QED) is 0.512. The largest absolute Gasteiger partial charge is 0.348 e. The van der Waals surface area contributed by atoms with E-state index in [4.69, 9.17) is 4.98 Å². The standard InChI is InChI=1S/C21H23N3O2S/c1-13-10-11-18(14(2)12-13)24-20(26)16-8-6-7-9-17(16)22-21(24)27-15(3)19(25)23(4)5/h6-12,15H,1-5H3/t15-/m0/s1. The van der Waals surface area contributed by atoms with Gasteiger partial charge < -0.3 is 4.90 Å². The summed E-state index contributed by atoms with van der Waals surface area (Å²) in [4.78, 5) is 31.9. The van der Waals surface area contributed by atoms with Crippen molar-refractivity contribution in [3.63, 3.8) is 0 Å². The van der Waals surface area contributed by atoms with Crippen molar-refractivity contribution < 1.29 is 4.79 Å². The fourth-order valence-electron chi connectivity index (χ4n) is 3.03. The lowest BCUT2D eigenvalue weighted by Crippen LogP contribution is -2.31. The number of amides is 1. The van der Waals surface area contributed by atoms with Gasteiger partial charge >= 0.3 is 0 Å². The molecule has 0 spiro atoms. The minimum absolute atomic E-state index is 0.0189. The second-order valence-corrected chi connectivity index (χ2v) is 8.14. The van der Waals surface area contributed by atoms with Crippen molar-refractivity contribution in [3.8, 4) is 5.69 Å². The molecule has 0 saturated carbocycles. The molecule has 6 heteroatoms. The molecule has 1 atom stereocenters. The van der Waals surface area contributed by atoms with E-state index < -0.39 is 0 Å². The second-order valence-electron chi connectivity index (χ2n) is 6.83. The Morgan fingerprint density at radius 2 is 1.85 bits per heavy atom. The molecule has 1 heterocycles. The summed E-state index contributed by atoms with van der Waals surface area (Å²) in [5.74, 6) is -0.0189. The van der Waals surface area contributed by atoms with E-state index in [9.17, 15) is 9.59 Å². The van der Waals surface area contributed by atoms with Crippen LogP contribution in [0.1, 0.15) is 18.1 Å². The minimum Gasteiger partial charge on any atom is -0.348 e. The molecular weight excluding hydrogens is 358 g/mol. The van der Waals surface area contributed by atoms with E-state index in [0.29, 0.717) is 16.1 Å². The average Bonchev–Trinajstić information content (AvgIpc) is 2.62. The number of fused-ring (bicyclic) bond motifs is 1. The molecule has 5 nitrogen and oxygen atoms in total. The Labute approximate surface area is 163 Å². The summed E-state index contributed by atoms with van der Waals surface area (Å²) in [7, 11) is 3.45. The van der Waals surface area contributed by atoms with Crippen LogP contribution in [-0.2, 0) is 4.79 Å². The first-order chi connectivity index (χ1) is 12.8. The van der Waals surface area contributed by atoms with Crippen LogP contribution in [-0.4, -0.2) is 39.7 Å². The summed E-state index contributed by atoms with van der Waals surface area (Å²) in [5.41, 5.74) is 3.41. The van der Waals surface area contributed by atoms with E-state index in [0.717, 1.165) is 16.8 Å². The maximum atomic E-state index is 13.3. The molecule has 0 aliphatic carbocycles. The van der Waals surface area contributed by atoms with Gasteiger partial charge in [-0.15, -0.1) is 0 Å². The highest BCUT2D eigenvalue weighted by Crippen LogP contribution is 2.27. The second kappa shape index (κ2) is 7.56. The Hall–Kier alpha value is -2.60. The Morgan fingerprint density at radius 3 is 2.52 bits per heavy atom. The van der Waals surface area contributed by atoms with Crippen LogP contribution < -0.4 is 5.56 Å². The topological polar surface area (TPSA) is 55.2 Å². The van der Waals surface area contributed by atoms with Crippen LogP contribution >= 0.6 is 11.8 Å².